The Balaban J connectivity index is 2.07. The first-order valence-corrected chi connectivity index (χ1v) is 5.84. The van der Waals surface area contributed by atoms with Crippen molar-refractivity contribution >= 4 is 23.5 Å². The van der Waals surface area contributed by atoms with E-state index in [0.717, 1.165) is 5.69 Å². The van der Waals surface area contributed by atoms with Gasteiger partial charge in [0, 0.05) is 32.6 Å². The Hall–Kier alpha value is -2.37. The van der Waals surface area contributed by atoms with Crippen LogP contribution in [0.15, 0.2) is 24.3 Å². The maximum absolute atomic E-state index is 11.8. The molecule has 6 heteroatoms. The minimum absolute atomic E-state index is 0.0890. The lowest BCUT2D eigenvalue weighted by atomic mass is 10.2. The molecule has 1 aromatic carbocycles. The van der Waals surface area contributed by atoms with E-state index in [1.165, 1.54) is 0 Å². The Labute approximate surface area is 110 Å². The molecule has 0 unspecified atom stereocenters. The standard InChI is InChI=1S/C13H14N2O4/c1-14(2)10-5-3-9(4-6-10)13(18)19-15-11(16)7-8-12(15)17/h3-6H,7-8H2,1-2H3. The smallest absolute Gasteiger partial charge is 0.363 e. The third kappa shape index (κ3) is 2.73. The number of carbonyl (C=O) groups excluding carboxylic acids is 3. The van der Waals surface area contributed by atoms with Gasteiger partial charge in [0.1, 0.15) is 0 Å². The van der Waals surface area contributed by atoms with Crippen molar-refractivity contribution in [1.29, 1.82) is 0 Å². The highest BCUT2D eigenvalue weighted by Gasteiger charge is 2.33. The van der Waals surface area contributed by atoms with Crippen molar-refractivity contribution in [3.8, 4) is 0 Å². The zero-order chi connectivity index (χ0) is 14.0. The molecule has 1 aromatic rings. The van der Waals surface area contributed by atoms with E-state index < -0.39 is 17.8 Å². The summed E-state index contributed by atoms with van der Waals surface area (Å²) in [5, 5.41) is 0.544. The summed E-state index contributed by atoms with van der Waals surface area (Å²) in [7, 11) is 3.77. The fourth-order valence-corrected chi connectivity index (χ4v) is 1.69. The second-order valence-corrected chi connectivity index (χ2v) is 4.40. The van der Waals surface area contributed by atoms with Crippen LogP contribution in [-0.4, -0.2) is 36.9 Å². The van der Waals surface area contributed by atoms with Crippen molar-refractivity contribution in [3.63, 3.8) is 0 Å². The Bertz CT molecular complexity index is 506. The minimum Gasteiger partial charge on any atom is -0.378 e. The molecule has 6 nitrogen and oxygen atoms in total. The topological polar surface area (TPSA) is 66.9 Å². The molecule has 0 spiro atoms. The molecule has 1 aliphatic rings. The van der Waals surface area contributed by atoms with Gasteiger partial charge in [-0.25, -0.2) is 4.79 Å². The number of imide groups is 1. The number of hydrogen-bond donors (Lipinski definition) is 0. The van der Waals surface area contributed by atoms with Gasteiger partial charge in [0.2, 0.25) is 0 Å². The van der Waals surface area contributed by atoms with Crippen LogP contribution in [0.1, 0.15) is 23.2 Å². The third-order valence-corrected chi connectivity index (χ3v) is 2.80. The number of carbonyl (C=O) groups is 3. The van der Waals surface area contributed by atoms with Crippen molar-refractivity contribution in [1.82, 2.24) is 5.06 Å². The summed E-state index contributed by atoms with van der Waals surface area (Å²) in [6.07, 6.45) is 0.178. The third-order valence-electron chi connectivity index (χ3n) is 2.80. The molecule has 19 heavy (non-hydrogen) atoms. The van der Waals surface area contributed by atoms with E-state index in [9.17, 15) is 14.4 Å². The molecule has 100 valence electrons. The predicted octanol–water partition coefficient (Wildman–Crippen LogP) is 0.973. The summed E-state index contributed by atoms with van der Waals surface area (Å²) >= 11 is 0. The van der Waals surface area contributed by atoms with E-state index >= 15 is 0 Å². The number of rotatable bonds is 3. The van der Waals surface area contributed by atoms with Crippen molar-refractivity contribution < 1.29 is 19.2 Å². The first-order valence-electron chi connectivity index (χ1n) is 5.84. The van der Waals surface area contributed by atoms with Crippen LogP contribution in [0.25, 0.3) is 0 Å². The summed E-state index contributed by atoms with van der Waals surface area (Å²) < 4.78 is 0. The largest absolute Gasteiger partial charge is 0.378 e. The molecule has 1 fully saturated rings. The molecule has 1 aliphatic heterocycles. The monoisotopic (exact) mass is 262 g/mol. The fraction of sp³-hybridized carbons (Fsp3) is 0.308. The number of hydrogen-bond acceptors (Lipinski definition) is 5. The molecule has 1 heterocycles. The molecule has 2 rings (SSSR count). The van der Waals surface area contributed by atoms with Gasteiger partial charge in [-0.05, 0) is 24.3 Å². The highest BCUT2D eigenvalue weighted by Crippen LogP contribution is 2.16. The lowest BCUT2D eigenvalue weighted by Gasteiger charge is -2.14. The SMILES string of the molecule is CN(C)c1ccc(C(=O)ON2C(=O)CCC2=O)cc1. The quantitative estimate of drug-likeness (QED) is 0.759. The van der Waals surface area contributed by atoms with E-state index in [1.807, 2.05) is 19.0 Å². The fourth-order valence-electron chi connectivity index (χ4n) is 1.69. The average Bonchev–Trinajstić information content (AvgIpc) is 2.70. The maximum Gasteiger partial charge on any atom is 0.363 e. The zero-order valence-electron chi connectivity index (χ0n) is 10.8. The Morgan fingerprint density at radius 3 is 2.11 bits per heavy atom. The number of anilines is 1. The summed E-state index contributed by atoms with van der Waals surface area (Å²) in [5.74, 6) is -1.68. The van der Waals surface area contributed by atoms with E-state index in [-0.39, 0.29) is 18.4 Å². The van der Waals surface area contributed by atoms with Crippen LogP contribution in [0.3, 0.4) is 0 Å². The van der Waals surface area contributed by atoms with Gasteiger partial charge in [-0.3, -0.25) is 9.59 Å². The maximum atomic E-state index is 11.8. The number of nitrogens with zero attached hydrogens (tertiary/aromatic N) is 2. The number of hydroxylamine groups is 2. The van der Waals surface area contributed by atoms with Crippen LogP contribution >= 0.6 is 0 Å². The Kier molecular flexibility index (Phi) is 3.50. The Morgan fingerprint density at radius 1 is 1.11 bits per heavy atom. The first kappa shape index (κ1) is 13.1. The van der Waals surface area contributed by atoms with Crippen molar-refractivity contribution in [3.05, 3.63) is 29.8 Å². The summed E-state index contributed by atoms with van der Waals surface area (Å²) in [6, 6.07) is 6.68. The van der Waals surface area contributed by atoms with Crippen LogP contribution in [0.5, 0.6) is 0 Å². The average molecular weight is 262 g/mol. The zero-order valence-corrected chi connectivity index (χ0v) is 10.8. The molecule has 0 atom stereocenters. The molecule has 1 saturated heterocycles. The van der Waals surface area contributed by atoms with Crippen LogP contribution < -0.4 is 4.90 Å². The highest BCUT2D eigenvalue weighted by atomic mass is 16.7. The number of benzene rings is 1. The van der Waals surface area contributed by atoms with E-state index in [2.05, 4.69) is 0 Å². The first-order chi connectivity index (χ1) is 8.99. The van der Waals surface area contributed by atoms with Crippen molar-refractivity contribution in [2.45, 2.75) is 12.8 Å². The van der Waals surface area contributed by atoms with Crippen LogP contribution in [-0.2, 0) is 14.4 Å². The van der Waals surface area contributed by atoms with Gasteiger partial charge < -0.3 is 9.74 Å². The molecule has 0 aromatic heterocycles. The van der Waals surface area contributed by atoms with E-state index in [0.29, 0.717) is 5.06 Å². The molecule has 0 bridgehead atoms. The molecular formula is C13H14N2O4. The van der Waals surface area contributed by atoms with Gasteiger partial charge in [-0.15, -0.1) is 5.06 Å². The predicted molar refractivity (Wildman–Crippen MR) is 67.3 cm³/mol. The number of amides is 2. The molecule has 0 radical (unpaired) electrons. The lowest BCUT2D eigenvalue weighted by Crippen LogP contribution is -2.32. The normalized spacial score (nSPS) is 14.7. The molecular weight excluding hydrogens is 248 g/mol. The molecule has 2 amide bonds. The minimum atomic E-state index is -0.714. The van der Waals surface area contributed by atoms with Crippen LogP contribution in [0, 0.1) is 0 Å². The Morgan fingerprint density at radius 2 is 1.63 bits per heavy atom. The van der Waals surface area contributed by atoms with Crippen molar-refractivity contribution in [2.75, 3.05) is 19.0 Å². The lowest BCUT2D eigenvalue weighted by molar-refractivity contribution is -0.172. The molecule has 0 saturated carbocycles. The van der Waals surface area contributed by atoms with Gasteiger partial charge in [-0.1, -0.05) is 0 Å². The van der Waals surface area contributed by atoms with Gasteiger partial charge in [0.25, 0.3) is 11.8 Å². The van der Waals surface area contributed by atoms with E-state index in [4.69, 9.17) is 4.84 Å². The summed E-state index contributed by atoms with van der Waals surface area (Å²) in [5.41, 5.74) is 1.22. The molecule has 0 N–H and O–H groups in total. The van der Waals surface area contributed by atoms with E-state index in [1.54, 1.807) is 24.3 Å². The van der Waals surface area contributed by atoms with Crippen LogP contribution in [0.4, 0.5) is 5.69 Å². The van der Waals surface area contributed by atoms with Gasteiger partial charge >= 0.3 is 5.97 Å². The van der Waals surface area contributed by atoms with Gasteiger partial charge in [0.05, 0.1) is 5.56 Å². The van der Waals surface area contributed by atoms with Crippen LogP contribution in [0.2, 0.25) is 0 Å². The summed E-state index contributed by atoms with van der Waals surface area (Å²) in [4.78, 5) is 41.1. The second kappa shape index (κ2) is 5.09. The van der Waals surface area contributed by atoms with Gasteiger partial charge in [-0.2, -0.15) is 0 Å². The van der Waals surface area contributed by atoms with Gasteiger partial charge in [0.15, 0.2) is 0 Å². The molecule has 0 aliphatic carbocycles. The highest BCUT2D eigenvalue weighted by molar-refractivity contribution is 6.02. The summed E-state index contributed by atoms with van der Waals surface area (Å²) in [6.45, 7) is 0. The van der Waals surface area contributed by atoms with Crippen molar-refractivity contribution in [2.24, 2.45) is 0 Å². The second-order valence-electron chi connectivity index (χ2n) is 4.40.